The molecule has 1 heterocycles. The van der Waals surface area contributed by atoms with Crippen LogP contribution in [0, 0.1) is 0 Å². The smallest absolute Gasteiger partial charge is 0.0693 e. The Morgan fingerprint density at radius 2 is 1.80 bits per heavy atom. The van der Waals surface area contributed by atoms with Gasteiger partial charge in [0.05, 0.1) is 11.7 Å². The van der Waals surface area contributed by atoms with Crippen molar-refractivity contribution >= 4 is 0 Å². The van der Waals surface area contributed by atoms with Crippen molar-refractivity contribution in [1.29, 1.82) is 0 Å². The van der Waals surface area contributed by atoms with Crippen molar-refractivity contribution in [2.24, 2.45) is 5.73 Å². The fraction of sp³-hybridized carbons (Fsp3) is 0.824. The lowest BCUT2D eigenvalue weighted by Crippen LogP contribution is -2.22. The fourth-order valence-electron chi connectivity index (χ4n) is 4.38. The highest BCUT2D eigenvalue weighted by molar-refractivity contribution is 5.37. The predicted molar refractivity (Wildman–Crippen MR) is 81.1 cm³/mol. The summed E-state index contributed by atoms with van der Waals surface area (Å²) < 4.78 is 2.46. The highest BCUT2D eigenvalue weighted by Gasteiger charge is 2.36. The van der Waals surface area contributed by atoms with Crippen molar-refractivity contribution < 1.29 is 0 Å². The summed E-state index contributed by atoms with van der Waals surface area (Å²) in [6.07, 6.45) is 13.4. The summed E-state index contributed by atoms with van der Waals surface area (Å²) in [6.45, 7) is 0.809. The minimum absolute atomic E-state index is 0.590. The van der Waals surface area contributed by atoms with Crippen molar-refractivity contribution in [3.8, 4) is 0 Å². The molecule has 2 fully saturated rings. The molecule has 1 atom stereocenters. The first-order valence-corrected chi connectivity index (χ1v) is 8.69. The first kappa shape index (κ1) is 12.9. The van der Waals surface area contributed by atoms with Crippen molar-refractivity contribution in [3.05, 3.63) is 17.0 Å². The van der Waals surface area contributed by atoms with Gasteiger partial charge in [-0.25, -0.2) is 0 Å². The SMILES string of the molecule is NCC1CCCc2c1c(C1CC1)nn2C1CCCCC1. The summed E-state index contributed by atoms with van der Waals surface area (Å²) in [5, 5.41) is 5.14. The fourth-order valence-corrected chi connectivity index (χ4v) is 4.38. The molecule has 0 saturated heterocycles. The summed E-state index contributed by atoms with van der Waals surface area (Å²) in [7, 11) is 0. The van der Waals surface area contributed by atoms with E-state index in [9.17, 15) is 0 Å². The molecule has 1 aromatic heterocycles. The molecule has 110 valence electrons. The van der Waals surface area contributed by atoms with Gasteiger partial charge in [-0.15, -0.1) is 0 Å². The van der Waals surface area contributed by atoms with Crippen LogP contribution in [0.1, 0.15) is 92.6 Å². The van der Waals surface area contributed by atoms with Crippen molar-refractivity contribution in [2.45, 2.75) is 82.1 Å². The molecular weight excluding hydrogens is 246 g/mol. The lowest BCUT2D eigenvalue weighted by Gasteiger charge is -2.27. The molecule has 0 aromatic carbocycles. The summed E-state index contributed by atoms with van der Waals surface area (Å²) in [4.78, 5) is 0. The molecule has 2 saturated carbocycles. The molecule has 0 spiro atoms. The second kappa shape index (κ2) is 5.18. The van der Waals surface area contributed by atoms with Gasteiger partial charge in [0, 0.05) is 17.2 Å². The monoisotopic (exact) mass is 273 g/mol. The van der Waals surface area contributed by atoms with Gasteiger partial charge in [-0.2, -0.15) is 5.10 Å². The molecule has 0 aliphatic heterocycles. The van der Waals surface area contributed by atoms with Gasteiger partial charge in [0.2, 0.25) is 0 Å². The predicted octanol–water partition coefficient (Wildman–Crippen LogP) is 3.64. The normalized spacial score (nSPS) is 27.6. The van der Waals surface area contributed by atoms with Crippen LogP contribution in [0.15, 0.2) is 0 Å². The van der Waals surface area contributed by atoms with Gasteiger partial charge < -0.3 is 5.73 Å². The van der Waals surface area contributed by atoms with Crippen LogP contribution >= 0.6 is 0 Å². The van der Waals surface area contributed by atoms with Gasteiger partial charge >= 0.3 is 0 Å². The maximum atomic E-state index is 6.06. The van der Waals surface area contributed by atoms with Crippen molar-refractivity contribution in [3.63, 3.8) is 0 Å². The van der Waals surface area contributed by atoms with E-state index in [2.05, 4.69) is 4.68 Å². The van der Waals surface area contributed by atoms with Crippen LogP contribution in [0.3, 0.4) is 0 Å². The Morgan fingerprint density at radius 3 is 2.50 bits per heavy atom. The Balaban J connectivity index is 1.75. The highest BCUT2D eigenvalue weighted by atomic mass is 15.3. The third kappa shape index (κ3) is 2.11. The molecular formula is C17H27N3. The molecule has 3 nitrogen and oxygen atoms in total. The number of fused-ring (bicyclic) bond motifs is 1. The Bertz CT molecular complexity index is 481. The van der Waals surface area contributed by atoms with Crippen LogP contribution in [-0.2, 0) is 6.42 Å². The van der Waals surface area contributed by atoms with Crippen LogP contribution in [0.5, 0.6) is 0 Å². The van der Waals surface area contributed by atoms with E-state index in [1.54, 1.807) is 11.3 Å². The lowest BCUT2D eigenvalue weighted by molar-refractivity contribution is 0.318. The molecule has 20 heavy (non-hydrogen) atoms. The largest absolute Gasteiger partial charge is 0.330 e. The lowest BCUT2D eigenvalue weighted by atomic mass is 9.84. The molecule has 3 heteroatoms. The summed E-state index contributed by atoms with van der Waals surface area (Å²) >= 11 is 0. The van der Waals surface area contributed by atoms with Crippen molar-refractivity contribution in [2.75, 3.05) is 6.54 Å². The van der Waals surface area contributed by atoms with Gasteiger partial charge in [0.15, 0.2) is 0 Å². The number of hydrogen-bond donors (Lipinski definition) is 1. The molecule has 0 amide bonds. The molecule has 3 aliphatic rings. The van der Waals surface area contributed by atoms with Crippen molar-refractivity contribution in [1.82, 2.24) is 9.78 Å². The van der Waals surface area contributed by atoms with E-state index in [0.29, 0.717) is 12.0 Å². The minimum Gasteiger partial charge on any atom is -0.330 e. The van der Waals surface area contributed by atoms with Gasteiger partial charge in [-0.05, 0) is 57.4 Å². The van der Waals surface area contributed by atoms with Crippen LogP contribution < -0.4 is 5.73 Å². The van der Waals surface area contributed by atoms with E-state index in [1.165, 1.54) is 69.9 Å². The van der Waals surface area contributed by atoms with Crippen LogP contribution in [-0.4, -0.2) is 16.3 Å². The third-order valence-corrected chi connectivity index (χ3v) is 5.62. The Labute approximate surface area is 121 Å². The number of nitrogens with zero attached hydrogens (tertiary/aromatic N) is 2. The molecule has 2 N–H and O–H groups in total. The van der Waals surface area contributed by atoms with Gasteiger partial charge in [0.25, 0.3) is 0 Å². The molecule has 0 bridgehead atoms. The topological polar surface area (TPSA) is 43.8 Å². The highest BCUT2D eigenvalue weighted by Crippen LogP contribution is 2.47. The van der Waals surface area contributed by atoms with Gasteiger partial charge in [0.1, 0.15) is 0 Å². The van der Waals surface area contributed by atoms with Gasteiger partial charge in [-0.1, -0.05) is 19.3 Å². The number of nitrogens with two attached hydrogens (primary N) is 1. The number of aromatic nitrogens is 2. The molecule has 0 radical (unpaired) electrons. The van der Waals surface area contributed by atoms with E-state index < -0.39 is 0 Å². The molecule has 4 rings (SSSR count). The summed E-state index contributed by atoms with van der Waals surface area (Å²) in [5.74, 6) is 1.35. The maximum Gasteiger partial charge on any atom is 0.0693 e. The number of rotatable bonds is 3. The molecule has 3 aliphatic carbocycles. The third-order valence-electron chi connectivity index (χ3n) is 5.62. The van der Waals surface area contributed by atoms with Gasteiger partial charge in [-0.3, -0.25) is 4.68 Å². The quantitative estimate of drug-likeness (QED) is 0.913. The van der Waals surface area contributed by atoms with Crippen LogP contribution in [0.4, 0.5) is 0 Å². The average molecular weight is 273 g/mol. The first-order valence-electron chi connectivity index (χ1n) is 8.69. The van der Waals surface area contributed by atoms with Crippen LogP contribution in [0.2, 0.25) is 0 Å². The van der Waals surface area contributed by atoms with E-state index >= 15 is 0 Å². The molecule has 1 aromatic rings. The zero-order valence-corrected chi connectivity index (χ0v) is 12.5. The van der Waals surface area contributed by atoms with E-state index in [0.717, 1.165) is 12.5 Å². The van der Waals surface area contributed by atoms with E-state index in [4.69, 9.17) is 10.8 Å². The zero-order chi connectivity index (χ0) is 13.5. The Kier molecular flexibility index (Phi) is 3.33. The second-order valence-corrected chi connectivity index (χ2v) is 7.08. The minimum atomic E-state index is 0.590. The average Bonchev–Trinajstić information content (AvgIpc) is 3.28. The second-order valence-electron chi connectivity index (χ2n) is 7.08. The Morgan fingerprint density at radius 1 is 1.00 bits per heavy atom. The molecule has 1 unspecified atom stereocenters. The maximum absolute atomic E-state index is 6.06. The van der Waals surface area contributed by atoms with E-state index in [1.807, 2.05) is 0 Å². The summed E-state index contributed by atoms with van der Waals surface area (Å²) in [5.41, 5.74) is 10.7. The standard InChI is InChI=1S/C17H27N3/c18-11-13-5-4-8-15-16(13)17(12-9-10-12)19-20(15)14-6-2-1-3-7-14/h12-14H,1-11,18H2. The zero-order valence-electron chi connectivity index (χ0n) is 12.5. The van der Waals surface area contributed by atoms with Crippen LogP contribution in [0.25, 0.3) is 0 Å². The summed E-state index contributed by atoms with van der Waals surface area (Å²) in [6, 6.07) is 0.682. The number of hydrogen-bond acceptors (Lipinski definition) is 2. The van der Waals surface area contributed by atoms with E-state index in [-0.39, 0.29) is 0 Å². The Hall–Kier alpha value is -0.830. The first-order chi connectivity index (χ1) is 9.88.